The molecular formula is C3H9OPSi. The van der Waals surface area contributed by atoms with E-state index in [0.29, 0.717) is 0 Å². The molecule has 0 fully saturated rings. The zero-order valence-corrected chi connectivity index (χ0v) is 6.90. The van der Waals surface area contributed by atoms with Crippen molar-refractivity contribution in [2.75, 3.05) is 6.16 Å². The summed E-state index contributed by atoms with van der Waals surface area (Å²) in [6.07, 6.45) is 2.46. The van der Waals surface area contributed by atoms with E-state index in [9.17, 15) is 4.57 Å². The lowest BCUT2D eigenvalue weighted by Crippen LogP contribution is -1.62. The summed E-state index contributed by atoms with van der Waals surface area (Å²) >= 11 is 0. The van der Waals surface area contributed by atoms with E-state index >= 15 is 0 Å². The third-order valence-electron chi connectivity index (χ3n) is 0.432. The topological polar surface area (TPSA) is 17.1 Å². The number of hydrogen-bond acceptors (Lipinski definition) is 1. The van der Waals surface area contributed by atoms with Gasteiger partial charge < -0.3 is 4.57 Å². The number of hydrogen-bond donors (Lipinski definition) is 0. The molecule has 0 aliphatic rings. The van der Waals surface area contributed by atoms with Crippen molar-refractivity contribution in [3.8, 4) is 0 Å². The first-order valence-corrected chi connectivity index (χ1v) is 6.99. The van der Waals surface area contributed by atoms with Crippen LogP contribution in [-0.2, 0) is 4.57 Å². The highest BCUT2D eigenvalue weighted by atomic mass is 31.4. The monoisotopic (exact) mass is 120 g/mol. The van der Waals surface area contributed by atoms with Gasteiger partial charge in [-0.25, -0.2) is 0 Å². The summed E-state index contributed by atoms with van der Waals surface area (Å²) in [6, 6.07) is 0. The Morgan fingerprint density at radius 2 is 2.50 bits per heavy atom. The summed E-state index contributed by atoms with van der Waals surface area (Å²) < 4.78 is 10.2. The summed E-state index contributed by atoms with van der Waals surface area (Å²) in [5.74, 6) is 0. The van der Waals surface area contributed by atoms with E-state index in [4.69, 9.17) is 0 Å². The normalized spacial score (nSPS) is 14.0. The van der Waals surface area contributed by atoms with E-state index in [2.05, 4.69) is 6.58 Å². The maximum atomic E-state index is 10.2. The molecule has 0 bridgehead atoms. The third-order valence-corrected chi connectivity index (χ3v) is 2.52. The molecule has 0 saturated carbocycles. The molecule has 0 heterocycles. The fraction of sp³-hybridized carbons (Fsp3) is 0.333. The van der Waals surface area contributed by atoms with Crippen LogP contribution in [0.3, 0.4) is 0 Å². The highest BCUT2D eigenvalue weighted by Gasteiger charge is 1.77. The van der Waals surface area contributed by atoms with Gasteiger partial charge in [0.15, 0.2) is 0 Å². The number of rotatable bonds is 2. The molecule has 0 spiro atoms. The van der Waals surface area contributed by atoms with Crippen molar-refractivity contribution in [1.29, 1.82) is 0 Å². The van der Waals surface area contributed by atoms with Crippen molar-refractivity contribution in [1.82, 2.24) is 0 Å². The average molecular weight is 120 g/mol. The quantitative estimate of drug-likeness (QED) is 0.285. The Hall–Kier alpha value is 0.187. The van der Waals surface area contributed by atoms with Gasteiger partial charge in [0.05, 0.1) is 17.3 Å². The fourth-order valence-corrected chi connectivity index (χ4v) is 1.48. The van der Waals surface area contributed by atoms with Crippen LogP contribution in [0, 0.1) is 0 Å². The predicted octanol–water partition coefficient (Wildman–Crippen LogP) is 0.0125. The van der Waals surface area contributed by atoms with E-state index in [1.165, 1.54) is 0 Å². The molecular weight excluding hydrogens is 111 g/mol. The van der Waals surface area contributed by atoms with E-state index in [0.717, 1.165) is 16.1 Å². The number of allylic oxidation sites excluding steroid dienone is 1. The first-order chi connectivity index (χ1) is 2.77. The first-order valence-electron chi connectivity index (χ1n) is 1.87. The Labute approximate surface area is 41.5 Å². The van der Waals surface area contributed by atoms with Crippen LogP contribution >= 0.6 is 7.35 Å². The second-order valence-electron chi connectivity index (χ2n) is 1.19. The Kier molecular flexibility index (Phi) is 3.48. The smallest absolute Gasteiger partial charge is 0.0762 e. The third kappa shape index (κ3) is 4.19. The van der Waals surface area contributed by atoms with Gasteiger partial charge in [-0.2, -0.15) is 0 Å². The molecule has 0 aliphatic carbocycles. The van der Waals surface area contributed by atoms with Crippen LogP contribution in [0.4, 0.5) is 0 Å². The van der Waals surface area contributed by atoms with Crippen LogP contribution < -0.4 is 0 Å². The van der Waals surface area contributed by atoms with Crippen LogP contribution in [0.25, 0.3) is 0 Å². The van der Waals surface area contributed by atoms with Gasteiger partial charge in [-0.3, -0.25) is 0 Å². The predicted molar refractivity (Wildman–Crippen MR) is 34.0 cm³/mol. The van der Waals surface area contributed by atoms with Gasteiger partial charge in [-0.05, 0) is 0 Å². The van der Waals surface area contributed by atoms with Gasteiger partial charge in [-0.15, -0.1) is 6.58 Å². The Balaban J connectivity index is 3.05. The lowest BCUT2D eigenvalue weighted by molar-refractivity contribution is 0.597. The van der Waals surface area contributed by atoms with E-state index in [1.807, 2.05) is 0 Å². The highest BCUT2D eigenvalue weighted by Crippen LogP contribution is 2.09. The molecule has 0 aromatic rings. The molecule has 36 valence electrons. The van der Waals surface area contributed by atoms with Gasteiger partial charge >= 0.3 is 0 Å². The average Bonchev–Trinajstić information content (AvgIpc) is 1.35. The zero-order valence-electron chi connectivity index (χ0n) is 3.90. The minimum absolute atomic E-state index is 0.747. The van der Waals surface area contributed by atoms with Crippen molar-refractivity contribution in [3.05, 3.63) is 12.7 Å². The first kappa shape index (κ1) is 6.19. The maximum Gasteiger partial charge on any atom is 0.0762 e. The molecule has 0 aliphatic heterocycles. The van der Waals surface area contributed by atoms with Crippen LogP contribution in [0.2, 0.25) is 0 Å². The summed E-state index contributed by atoms with van der Waals surface area (Å²) in [4.78, 5) is 0. The molecule has 0 N–H and O–H groups in total. The molecule has 0 rings (SSSR count). The van der Waals surface area contributed by atoms with Crippen molar-refractivity contribution < 1.29 is 4.57 Å². The zero-order chi connectivity index (χ0) is 4.99. The summed E-state index contributed by atoms with van der Waals surface area (Å²) in [6.45, 7) is 3.45. The van der Waals surface area contributed by atoms with Crippen LogP contribution in [0.15, 0.2) is 12.7 Å². The Morgan fingerprint density at radius 1 is 2.00 bits per heavy atom. The van der Waals surface area contributed by atoms with Crippen molar-refractivity contribution in [2.24, 2.45) is 0 Å². The second kappa shape index (κ2) is 3.38. The van der Waals surface area contributed by atoms with E-state index in [1.54, 1.807) is 6.08 Å². The minimum Gasteiger partial charge on any atom is -0.333 e. The molecule has 1 nitrogen and oxygen atoms in total. The van der Waals surface area contributed by atoms with Gasteiger partial charge in [0.25, 0.3) is 0 Å². The molecule has 0 aromatic carbocycles. The second-order valence-corrected chi connectivity index (χ2v) is 6.35. The summed E-state index contributed by atoms with van der Waals surface area (Å²) in [5.41, 5.74) is 0. The van der Waals surface area contributed by atoms with Gasteiger partial charge in [0, 0.05) is 6.16 Å². The SMILES string of the molecule is C=CC[PH](=O)[SiH3]. The maximum absolute atomic E-state index is 10.2. The summed E-state index contributed by atoms with van der Waals surface area (Å²) in [5, 5.41) is 0. The Bertz CT molecular complexity index is 71.2. The fourth-order valence-electron chi connectivity index (χ4n) is 0.203. The van der Waals surface area contributed by atoms with Gasteiger partial charge in [0.1, 0.15) is 0 Å². The van der Waals surface area contributed by atoms with E-state index in [-0.39, 0.29) is 0 Å². The van der Waals surface area contributed by atoms with Crippen molar-refractivity contribution in [2.45, 2.75) is 0 Å². The molecule has 6 heavy (non-hydrogen) atoms. The van der Waals surface area contributed by atoms with Crippen molar-refractivity contribution >= 4 is 17.3 Å². The molecule has 0 saturated heterocycles. The van der Waals surface area contributed by atoms with Gasteiger partial charge in [0.2, 0.25) is 0 Å². The van der Waals surface area contributed by atoms with Crippen LogP contribution in [0.5, 0.6) is 0 Å². The largest absolute Gasteiger partial charge is 0.333 e. The molecule has 0 amide bonds. The molecule has 3 heteroatoms. The van der Waals surface area contributed by atoms with Crippen molar-refractivity contribution in [3.63, 3.8) is 0 Å². The van der Waals surface area contributed by atoms with Gasteiger partial charge in [-0.1, -0.05) is 6.08 Å². The molecule has 0 radical (unpaired) electrons. The lowest BCUT2D eigenvalue weighted by Gasteiger charge is -1.77. The minimum atomic E-state index is -1.11. The molecule has 1 atom stereocenters. The lowest BCUT2D eigenvalue weighted by atomic mass is 10.8. The highest BCUT2D eigenvalue weighted by molar-refractivity contribution is 7.71. The van der Waals surface area contributed by atoms with E-state index < -0.39 is 7.35 Å². The van der Waals surface area contributed by atoms with Crippen LogP contribution in [0.1, 0.15) is 0 Å². The summed E-state index contributed by atoms with van der Waals surface area (Å²) in [7, 11) is -0.261. The standard InChI is InChI=1S/C3H9OPSi/c1-2-3-5(4)6/h2,5H,1,3H2,6H3. The molecule has 1 unspecified atom stereocenters. The van der Waals surface area contributed by atoms with Crippen LogP contribution in [-0.4, -0.2) is 16.1 Å². The molecule has 0 aromatic heterocycles. The Morgan fingerprint density at radius 3 is 2.50 bits per heavy atom.